The molecular weight excluding hydrogens is 359 g/mol. The molecule has 0 aromatic heterocycles. The molecule has 2 N–H and O–H groups in total. The lowest BCUT2D eigenvalue weighted by Gasteiger charge is -2.10. The fourth-order valence-electron chi connectivity index (χ4n) is 1.89. The molecule has 0 unspecified atom stereocenters. The summed E-state index contributed by atoms with van der Waals surface area (Å²) in [5, 5.41) is 3.47. The van der Waals surface area contributed by atoms with Crippen LogP contribution in [0.1, 0.15) is 15.9 Å². The highest BCUT2D eigenvalue weighted by Crippen LogP contribution is 2.22. The molecule has 2 aromatic carbocycles. The fraction of sp³-hybridized carbons (Fsp3) is 0.133. The summed E-state index contributed by atoms with van der Waals surface area (Å²) in [6.07, 6.45) is 1.03. The molecule has 8 heteroatoms. The number of benzene rings is 2. The summed E-state index contributed by atoms with van der Waals surface area (Å²) in [5.41, 5.74) is 1.20. The van der Waals surface area contributed by atoms with Crippen molar-refractivity contribution in [3.05, 3.63) is 63.6 Å². The number of nitrogens with one attached hydrogen (secondary N) is 2. The van der Waals surface area contributed by atoms with Gasteiger partial charge in [0.25, 0.3) is 5.91 Å². The Balaban J connectivity index is 2.15. The van der Waals surface area contributed by atoms with E-state index in [-0.39, 0.29) is 22.8 Å². The van der Waals surface area contributed by atoms with Crippen LogP contribution in [-0.4, -0.2) is 20.6 Å². The first-order valence-corrected chi connectivity index (χ1v) is 9.20. The van der Waals surface area contributed by atoms with Crippen LogP contribution in [0.2, 0.25) is 10.0 Å². The molecule has 0 aliphatic rings. The van der Waals surface area contributed by atoms with Crippen molar-refractivity contribution < 1.29 is 13.2 Å². The zero-order chi connectivity index (χ0) is 17.0. The van der Waals surface area contributed by atoms with Crippen molar-refractivity contribution in [3.8, 4) is 0 Å². The molecule has 0 saturated carbocycles. The molecule has 0 aliphatic carbocycles. The predicted octanol–water partition coefficient (Wildman–Crippen LogP) is 3.29. The van der Waals surface area contributed by atoms with Gasteiger partial charge in [0, 0.05) is 17.3 Å². The van der Waals surface area contributed by atoms with Crippen LogP contribution < -0.4 is 10.0 Å². The van der Waals surface area contributed by atoms with Crippen molar-refractivity contribution in [3.63, 3.8) is 0 Å². The third kappa shape index (κ3) is 5.13. The van der Waals surface area contributed by atoms with Crippen LogP contribution in [0.25, 0.3) is 0 Å². The Morgan fingerprint density at radius 1 is 1.09 bits per heavy atom. The van der Waals surface area contributed by atoms with Crippen LogP contribution in [0, 0.1) is 0 Å². The number of anilines is 1. The average Bonchev–Trinajstić information content (AvgIpc) is 2.46. The molecule has 0 fully saturated rings. The summed E-state index contributed by atoms with van der Waals surface area (Å²) in [6.45, 7) is 0.235. The molecule has 0 spiro atoms. The highest BCUT2D eigenvalue weighted by atomic mass is 35.5. The minimum atomic E-state index is -3.44. The van der Waals surface area contributed by atoms with E-state index in [4.69, 9.17) is 23.2 Å². The summed E-state index contributed by atoms with van der Waals surface area (Å²) >= 11 is 12.0. The van der Waals surface area contributed by atoms with E-state index in [1.807, 2.05) is 6.07 Å². The van der Waals surface area contributed by atoms with Crippen molar-refractivity contribution in [1.82, 2.24) is 5.32 Å². The Hall–Kier alpha value is -1.76. The minimum Gasteiger partial charge on any atom is -0.348 e. The first kappa shape index (κ1) is 17.6. The van der Waals surface area contributed by atoms with Crippen LogP contribution in [0.4, 0.5) is 5.69 Å². The number of halogens is 2. The predicted molar refractivity (Wildman–Crippen MR) is 92.5 cm³/mol. The maximum atomic E-state index is 12.3. The molecule has 0 radical (unpaired) electrons. The van der Waals surface area contributed by atoms with Crippen molar-refractivity contribution in [1.29, 1.82) is 0 Å². The zero-order valence-corrected chi connectivity index (χ0v) is 14.5. The number of rotatable bonds is 5. The van der Waals surface area contributed by atoms with Crippen LogP contribution in [0.15, 0.2) is 42.5 Å². The van der Waals surface area contributed by atoms with Crippen molar-refractivity contribution in [2.24, 2.45) is 0 Å². The van der Waals surface area contributed by atoms with Gasteiger partial charge in [-0.2, -0.15) is 0 Å². The third-order valence-electron chi connectivity index (χ3n) is 2.91. The quantitative estimate of drug-likeness (QED) is 0.845. The SMILES string of the molecule is CS(=O)(=O)Nc1ccc(Cl)c(C(=O)NCc2ccccc2Cl)c1. The summed E-state index contributed by atoms with van der Waals surface area (Å²) < 4.78 is 24.8. The summed E-state index contributed by atoms with van der Waals surface area (Å²) in [7, 11) is -3.44. The Morgan fingerprint density at radius 2 is 1.78 bits per heavy atom. The van der Waals surface area contributed by atoms with Gasteiger partial charge in [0.1, 0.15) is 0 Å². The normalized spacial score (nSPS) is 11.1. The van der Waals surface area contributed by atoms with Crippen LogP contribution in [-0.2, 0) is 16.6 Å². The summed E-state index contributed by atoms with van der Waals surface area (Å²) in [6, 6.07) is 11.5. The van der Waals surface area contributed by atoms with Gasteiger partial charge in [-0.25, -0.2) is 8.42 Å². The molecule has 2 rings (SSSR count). The summed E-state index contributed by atoms with van der Waals surface area (Å²) in [5.74, 6) is -0.424. The number of hydrogen-bond donors (Lipinski definition) is 2. The van der Waals surface area contributed by atoms with E-state index in [2.05, 4.69) is 10.0 Å². The molecule has 0 aliphatic heterocycles. The van der Waals surface area contributed by atoms with Gasteiger partial charge in [-0.05, 0) is 29.8 Å². The van der Waals surface area contributed by atoms with Crippen LogP contribution in [0.3, 0.4) is 0 Å². The first-order chi connectivity index (χ1) is 10.8. The molecule has 0 bridgehead atoms. The third-order valence-corrected chi connectivity index (χ3v) is 4.22. The van der Waals surface area contributed by atoms with Crippen molar-refractivity contribution >= 4 is 44.8 Å². The fourth-order valence-corrected chi connectivity index (χ4v) is 2.85. The highest BCUT2D eigenvalue weighted by molar-refractivity contribution is 7.92. The Bertz CT molecular complexity index is 838. The topological polar surface area (TPSA) is 75.3 Å². The molecular formula is C15H14Cl2N2O3S. The maximum Gasteiger partial charge on any atom is 0.253 e. The Labute approximate surface area is 144 Å². The number of hydrogen-bond acceptors (Lipinski definition) is 3. The number of carbonyl (C=O) groups is 1. The Morgan fingerprint density at radius 3 is 2.43 bits per heavy atom. The molecule has 0 heterocycles. The van der Waals surface area contributed by atoms with Crippen LogP contribution in [0.5, 0.6) is 0 Å². The van der Waals surface area contributed by atoms with Gasteiger partial charge in [-0.3, -0.25) is 9.52 Å². The average molecular weight is 373 g/mol. The van der Waals surface area contributed by atoms with Gasteiger partial charge in [-0.15, -0.1) is 0 Å². The maximum absolute atomic E-state index is 12.3. The van der Waals surface area contributed by atoms with E-state index in [0.29, 0.717) is 5.02 Å². The molecule has 5 nitrogen and oxygen atoms in total. The molecule has 23 heavy (non-hydrogen) atoms. The van der Waals surface area contributed by atoms with E-state index in [1.54, 1.807) is 18.2 Å². The van der Waals surface area contributed by atoms with E-state index >= 15 is 0 Å². The van der Waals surface area contributed by atoms with Gasteiger partial charge < -0.3 is 5.32 Å². The van der Waals surface area contributed by atoms with E-state index in [9.17, 15) is 13.2 Å². The van der Waals surface area contributed by atoms with Crippen LogP contribution >= 0.6 is 23.2 Å². The molecule has 2 aromatic rings. The van der Waals surface area contributed by atoms with E-state index in [0.717, 1.165) is 11.8 Å². The molecule has 0 atom stereocenters. The monoisotopic (exact) mass is 372 g/mol. The van der Waals surface area contributed by atoms with Gasteiger partial charge in [-0.1, -0.05) is 41.4 Å². The summed E-state index contributed by atoms with van der Waals surface area (Å²) in [4.78, 5) is 12.3. The number of sulfonamides is 1. The molecule has 0 saturated heterocycles. The first-order valence-electron chi connectivity index (χ1n) is 6.55. The smallest absolute Gasteiger partial charge is 0.253 e. The highest BCUT2D eigenvalue weighted by Gasteiger charge is 2.13. The number of amides is 1. The van der Waals surface area contributed by atoms with Gasteiger partial charge in [0.05, 0.1) is 16.8 Å². The second kappa shape index (κ2) is 7.21. The lowest BCUT2D eigenvalue weighted by molar-refractivity contribution is 0.0951. The van der Waals surface area contributed by atoms with Crippen molar-refractivity contribution in [2.45, 2.75) is 6.54 Å². The number of carbonyl (C=O) groups excluding carboxylic acids is 1. The minimum absolute atomic E-state index is 0.173. The lowest BCUT2D eigenvalue weighted by Crippen LogP contribution is -2.23. The van der Waals surface area contributed by atoms with Crippen molar-refractivity contribution in [2.75, 3.05) is 11.0 Å². The lowest BCUT2D eigenvalue weighted by atomic mass is 10.1. The van der Waals surface area contributed by atoms with Gasteiger partial charge in [0.2, 0.25) is 10.0 Å². The largest absolute Gasteiger partial charge is 0.348 e. The molecule has 1 amide bonds. The Kier molecular flexibility index (Phi) is 5.51. The van der Waals surface area contributed by atoms with E-state index < -0.39 is 15.9 Å². The zero-order valence-electron chi connectivity index (χ0n) is 12.1. The van der Waals surface area contributed by atoms with E-state index in [1.165, 1.54) is 18.2 Å². The van der Waals surface area contributed by atoms with Gasteiger partial charge in [0.15, 0.2) is 0 Å². The van der Waals surface area contributed by atoms with Gasteiger partial charge >= 0.3 is 0 Å². The second-order valence-corrected chi connectivity index (χ2v) is 7.41. The standard InChI is InChI=1S/C15H14Cl2N2O3S/c1-23(21,22)19-11-6-7-14(17)12(8-11)15(20)18-9-10-4-2-3-5-13(10)16/h2-8,19H,9H2,1H3,(H,18,20). The molecule has 122 valence electrons. The second-order valence-electron chi connectivity index (χ2n) is 4.84.